The Morgan fingerprint density at radius 2 is 0.619 bits per heavy atom. The van der Waals surface area contributed by atoms with E-state index in [4.69, 9.17) is 44.6 Å². The van der Waals surface area contributed by atoms with E-state index in [1.807, 2.05) is 39.0 Å². The van der Waals surface area contributed by atoms with Crippen molar-refractivity contribution in [3.63, 3.8) is 0 Å². The van der Waals surface area contributed by atoms with Crippen LogP contribution in [0.1, 0.15) is 33.4 Å². The van der Waals surface area contributed by atoms with Gasteiger partial charge in [-0.15, -0.1) is 15.3 Å². The maximum Gasteiger partial charge on any atom is 0.256 e. The van der Waals surface area contributed by atoms with Crippen LogP contribution < -0.4 is 49.7 Å². The smallest absolute Gasteiger partial charge is 0.256 e. The highest BCUT2D eigenvalue weighted by atomic mass is 32.2. The Morgan fingerprint density at radius 1 is 0.444 bits per heavy atom. The number of hydrazone groups is 3. The highest BCUT2D eigenvalue weighted by Gasteiger charge is 2.04. The van der Waals surface area contributed by atoms with E-state index in [1.165, 1.54) is 36.4 Å². The Labute approximate surface area is 364 Å². The molecule has 0 spiro atoms. The summed E-state index contributed by atoms with van der Waals surface area (Å²) in [6.07, 6.45) is 4.78. The third kappa shape index (κ3) is 30.9. The molecule has 28 heteroatoms. The van der Waals surface area contributed by atoms with Gasteiger partial charge in [-0.1, -0.05) is 53.1 Å². The number of nitrogens with one attached hydrogen (secondary N) is 3. The predicted molar refractivity (Wildman–Crippen MR) is 233 cm³/mol. The average Bonchev–Trinajstić information content (AvgIpc) is 3.16. The zero-order valence-electron chi connectivity index (χ0n) is 34.5. The van der Waals surface area contributed by atoms with Gasteiger partial charge in [0.25, 0.3) is 17.9 Å². The van der Waals surface area contributed by atoms with Gasteiger partial charge in [0, 0.05) is 46.2 Å². The van der Waals surface area contributed by atoms with Gasteiger partial charge in [0.1, 0.15) is 30.4 Å². The summed E-state index contributed by atoms with van der Waals surface area (Å²) < 4.78 is 93.5. The zero-order chi connectivity index (χ0) is 47.4. The van der Waals surface area contributed by atoms with Crippen LogP contribution in [0, 0.1) is 20.8 Å². The molecule has 4 rings (SSSR count). The summed E-state index contributed by atoms with van der Waals surface area (Å²) in [6.45, 7) is 5.46. The van der Waals surface area contributed by atoms with Crippen molar-refractivity contribution in [1.29, 1.82) is 0 Å². The van der Waals surface area contributed by atoms with Gasteiger partial charge in [0.15, 0.2) is 0 Å². The highest BCUT2D eigenvalue weighted by Crippen LogP contribution is 2.10. The number of aryl methyl sites for hydroxylation is 3. The largest absolute Gasteiger partial charge is 0.744 e. The van der Waals surface area contributed by atoms with Crippen molar-refractivity contribution in [3.05, 3.63) is 124 Å². The first-order valence-electron chi connectivity index (χ1n) is 16.5. The van der Waals surface area contributed by atoms with E-state index in [9.17, 15) is 38.9 Å². The van der Waals surface area contributed by atoms with E-state index >= 15 is 0 Å². The highest BCUT2D eigenvalue weighted by molar-refractivity contribution is 7.86. The standard InChI is InChI=1S/C12H18N12.3C7H8O3S.2CH4O.2H2O/c13-10(14)22-19-4-7-1-8(5-20-23-11(15)16)3-9(2-7)6-21-24-12(17)18;3*1-6-2-4-7(5-3-6)11(8,9)10;2*1-2;;/h1-6H,(H4,13,14,22)(H4,15,16,23)(H4,17,18,24);3*2-5H,1H3,(H,8,9,10);2*2H,1H3;2*1H2/b19-4+,20-5+,21-6+;;;;;;;. The van der Waals surface area contributed by atoms with Gasteiger partial charge in [0.05, 0.1) is 14.7 Å². The number of nitrogens with zero attached hydrogens (tertiary/aromatic N) is 3. The van der Waals surface area contributed by atoms with E-state index in [0.29, 0.717) is 0 Å². The monoisotopic (exact) mass is 946 g/mol. The lowest BCUT2D eigenvalue weighted by Gasteiger charge is -2.05. The lowest BCUT2D eigenvalue weighted by Crippen LogP contribution is -2.64. The van der Waals surface area contributed by atoms with Crippen molar-refractivity contribution >= 4 is 66.9 Å². The molecule has 350 valence electrons. The SMILES string of the molecule is CO.CO.Cc1ccc(S(=O)(=O)[O-])cc1.Cc1ccc(S(=O)(=O)[O-])cc1.Cc1ccc(S(=O)(=O)[O-])cc1.NC(N)=N/[NH+]=C/c1cc(/C=[NH+]/N=C(N)N)cc(/C=[NH+]/N=C(N)N)c1.O.O. The summed E-state index contributed by atoms with van der Waals surface area (Å²) >= 11 is 0. The molecule has 0 fully saturated rings. The van der Waals surface area contributed by atoms with Crippen LogP contribution in [0.25, 0.3) is 0 Å². The Kier molecular flexibility index (Phi) is 32.0. The Hall–Kier alpha value is -6.73. The first-order chi connectivity index (χ1) is 28.4. The minimum Gasteiger partial charge on any atom is -0.744 e. The molecule has 21 N–H and O–H groups in total. The number of aliphatic hydroxyl groups is 2. The molecule has 63 heavy (non-hydrogen) atoms. The number of hydrogen-bond acceptors (Lipinski definition) is 14. The van der Waals surface area contributed by atoms with Gasteiger partial charge in [-0.05, 0) is 75.4 Å². The van der Waals surface area contributed by atoms with Gasteiger partial charge in [-0.3, -0.25) is 0 Å². The molecular formula is C35H54N12O13S3. The second-order valence-electron chi connectivity index (χ2n) is 11.2. The molecule has 0 heterocycles. The molecule has 0 aliphatic heterocycles. The molecule has 0 saturated heterocycles. The molecule has 0 atom stereocenters. The van der Waals surface area contributed by atoms with Crippen LogP contribution in [0.2, 0.25) is 0 Å². The fraction of sp³-hybridized carbons (Fsp3) is 0.143. The number of nitrogens with two attached hydrogens (primary N) is 6. The van der Waals surface area contributed by atoms with Crippen LogP contribution in [-0.2, 0) is 30.4 Å². The van der Waals surface area contributed by atoms with Crippen LogP contribution >= 0.6 is 0 Å². The topological polar surface area (TPSA) is 510 Å². The Bertz CT molecular complexity index is 2170. The second kappa shape index (κ2) is 32.0. The zero-order valence-corrected chi connectivity index (χ0v) is 36.9. The third-order valence-corrected chi connectivity index (χ3v) is 8.75. The van der Waals surface area contributed by atoms with E-state index < -0.39 is 30.4 Å². The molecular weight excluding hydrogens is 893 g/mol. The molecule has 0 aromatic heterocycles. The normalized spacial score (nSPS) is 10.4. The molecule has 0 aliphatic rings. The number of aliphatic hydroxyl groups excluding tert-OH is 2. The summed E-state index contributed by atoms with van der Waals surface area (Å²) in [7, 11) is -10.8. The van der Waals surface area contributed by atoms with Gasteiger partial charge < -0.3 is 69.2 Å². The average molecular weight is 947 g/mol. The van der Waals surface area contributed by atoms with E-state index in [0.717, 1.165) is 47.6 Å². The molecule has 4 aromatic carbocycles. The first kappa shape index (κ1) is 62.9. The molecule has 0 radical (unpaired) electrons. The quantitative estimate of drug-likeness (QED) is 0.0321. The van der Waals surface area contributed by atoms with Gasteiger partial charge in [-0.25, -0.2) is 25.3 Å². The number of guanidine groups is 3. The molecule has 0 aliphatic carbocycles. The van der Waals surface area contributed by atoms with Crippen molar-refractivity contribution in [3.8, 4) is 0 Å². The minimum atomic E-state index is -4.27. The maximum atomic E-state index is 10.4. The summed E-state index contributed by atoms with van der Waals surface area (Å²) in [5.74, 6) is -0.279. The van der Waals surface area contributed by atoms with E-state index in [-0.39, 0.29) is 43.5 Å². The molecule has 0 saturated carbocycles. The van der Waals surface area contributed by atoms with Crippen LogP contribution in [0.3, 0.4) is 0 Å². The first-order valence-corrected chi connectivity index (χ1v) is 20.7. The van der Waals surface area contributed by atoms with Crippen molar-refractivity contribution in [2.45, 2.75) is 35.5 Å². The van der Waals surface area contributed by atoms with Crippen LogP contribution in [-0.4, -0.2) is 111 Å². The van der Waals surface area contributed by atoms with Crippen molar-refractivity contribution in [2.24, 2.45) is 49.7 Å². The van der Waals surface area contributed by atoms with Crippen molar-refractivity contribution in [1.82, 2.24) is 0 Å². The van der Waals surface area contributed by atoms with Gasteiger partial charge in [0.2, 0.25) is 18.6 Å². The second-order valence-corrected chi connectivity index (χ2v) is 15.3. The third-order valence-electron chi connectivity index (χ3n) is 6.20. The van der Waals surface area contributed by atoms with Crippen molar-refractivity contribution < 1.29 is 75.4 Å². The predicted octanol–water partition coefficient (Wildman–Crippen LogP) is -7.98. The Balaban J connectivity index is -0.000000378. The Morgan fingerprint density at radius 3 is 0.762 bits per heavy atom. The molecule has 4 aromatic rings. The van der Waals surface area contributed by atoms with Crippen LogP contribution in [0.15, 0.2) is 121 Å². The summed E-state index contributed by atoms with van der Waals surface area (Å²) in [6, 6.07) is 22.8. The lowest BCUT2D eigenvalue weighted by atomic mass is 10.1. The van der Waals surface area contributed by atoms with Crippen LogP contribution in [0.5, 0.6) is 0 Å². The summed E-state index contributed by atoms with van der Waals surface area (Å²) in [5.41, 5.74) is 36.5. The number of hydrogen-bond donors (Lipinski definition) is 11. The fourth-order valence-corrected chi connectivity index (χ4v) is 5.02. The van der Waals surface area contributed by atoms with Gasteiger partial charge in [-0.2, -0.15) is 0 Å². The van der Waals surface area contributed by atoms with E-state index in [2.05, 4.69) is 30.6 Å². The van der Waals surface area contributed by atoms with Gasteiger partial charge >= 0.3 is 0 Å². The number of benzene rings is 4. The fourth-order valence-electron chi connectivity index (χ4n) is 3.61. The maximum absolute atomic E-state index is 10.4. The molecule has 0 amide bonds. The van der Waals surface area contributed by atoms with Crippen LogP contribution in [0.4, 0.5) is 0 Å². The molecule has 0 bridgehead atoms. The van der Waals surface area contributed by atoms with Crippen molar-refractivity contribution in [2.75, 3.05) is 14.2 Å². The summed E-state index contributed by atoms with van der Waals surface area (Å²) in [4.78, 5) is -0.533. The summed E-state index contributed by atoms with van der Waals surface area (Å²) in [5, 5.41) is 32.8. The number of rotatable bonds is 9. The minimum absolute atomic E-state index is 0. The van der Waals surface area contributed by atoms with E-state index in [1.54, 1.807) is 55.0 Å². The lowest BCUT2D eigenvalue weighted by molar-refractivity contribution is -0.456. The molecule has 0 unspecified atom stereocenters. The molecule has 25 nitrogen and oxygen atoms in total.